The third-order valence-electron chi connectivity index (χ3n) is 3.53. The lowest BCUT2D eigenvalue weighted by atomic mass is 10.1. The Labute approximate surface area is 139 Å². The summed E-state index contributed by atoms with van der Waals surface area (Å²) < 4.78 is 12.3. The molecule has 0 aliphatic rings. The molecule has 124 valence electrons. The summed E-state index contributed by atoms with van der Waals surface area (Å²) in [6, 6.07) is 11.0. The highest BCUT2D eigenvalue weighted by Crippen LogP contribution is 2.33. The van der Waals surface area contributed by atoms with Gasteiger partial charge in [-0.15, -0.1) is 5.10 Å². The Morgan fingerprint density at radius 1 is 1.12 bits per heavy atom. The molecule has 0 saturated carbocycles. The number of hydrogen-bond acceptors (Lipinski definition) is 6. The molecule has 24 heavy (non-hydrogen) atoms. The third kappa shape index (κ3) is 3.07. The molecule has 1 N–H and O–H groups in total. The van der Waals surface area contributed by atoms with E-state index in [1.807, 2.05) is 30.3 Å². The number of nitrogens with zero attached hydrogens (tertiary/aromatic N) is 4. The van der Waals surface area contributed by atoms with E-state index in [9.17, 15) is 5.11 Å². The minimum Gasteiger partial charge on any atom is -0.497 e. The van der Waals surface area contributed by atoms with Crippen molar-refractivity contribution in [3.8, 4) is 34.4 Å². The molecule has 0 radical (unpaired) electrons. The highest BCUT2D eigenvalue weighted by molar-refractivity contribution is 5.68. The quantitative estimate of drug-likeness (QED) is 0.746. The molecule has 7 nitrogen and oxygen atoms in total. The van der Waals surface area contributed by atoms with Crippen LogP contribution in [-0.2, 0) is 6.54 Å². The number of aliphatic hydroxyl groups excluding tert-OH is 1. The SMILES string of the molecule is COc1ccc(-c2nc(-c3ccccn3)nn2CCO)c(OC)c1. The highest BCUT2D eigenvalue weighted by atomic mass is 16.5. The Morgan fingerprint density at radius 3 is 2.67 bits per heavy atom. The summed E-state index contributed by atoms with van der Waals surface area (Å²) in [6.07, 6.45) is 1.69. The van der Waals surface area contributed by atoms with Gasteiger partial charge in [0.1, 0.15) is 17.2 Å². The molecule has 0 atom stereocenters. The molecule has 0 aliphatic carbocycles. The second kappa shape index (κ2) is 7.10. The first-order valence-corrected chi connectivity index (χ1v) is 7.46. The Hall–Kier alpha value is -2.93. The molecule has 0 unspecified atom stereocenters. The molecule has 0 saturated heterocycles. The van der Waals surface area contributed by atoms with Crippen molar-refractivity contribution in [3.63, 3.8) is 0 Å². The fourth-order valence-electron chi connectivity index (χ4n) is 2.38. The smallest absolute Gasteiger partial charge is 0.200 e. The number of aromatic nitrogens is 4. The number of pyridine rings is 1. The first kappa shape index (κ1) is 15.9. The van der Waals surface area contributed by atoms with E-state index < -0.39 is 0 Å². The Balaban J connectivity index is 2.11. The number of rotatable bonds is 6. The Morgan fingerprint density at radius 2 is 2.00 bits per heavy atom. The maximum Gasteiger partial charge on any atom is 0.200 e. The molecular formula is C17H18N4O3. The van der Waals surface area contributed by atoms with Crippen LogP contribution in [0.15, 0.2) is 42.6 Å². The van der Waals surface area contributed by atoms with E-state index in [0.717, 1.165) is 5.56 Å². The van der Waals surface area contributed by atoms with Gasteiger partial charge in [-0.2, -0.15) is 0 Å². The van der Waals surface area contributed by atoms with Gasteiger partial charge in [-0.05, 0) is 24.3 Å². The molecule has 3 aromatic rings. The van der Waals surface area contributed by atoms with Crippen molar-refractivity contribution in [3.05, 3.63) is 42.6 Å². The van der Waals surface area contributed by atoms with E-state index in [0.29, 0.717) is 35.4 Å². The van der Waals surface area contributed by atoms with Gasteiger partial charge in [0.2, 0.25) is 0 Å². The predicted octanol–water partition coefficient (Wildman–Crippen LogP) is 2.02. The van der Waals surface area contributed by atoms with Gasteiger partial charge in [0.15, 0.2) is 11.6 Å². The Kier molecular flexibility index (Phi) is 4.72. The first-order valence-electron chi connectivity index (χ1n) is 7.46. The minimum atomic E-state index is -0.0452. The highest BCUT2D eigenvalue weighted by Gasteiger charge is 2.17. The average molecular weight is 326 g/mol. The summed E-state index contributed by atoms with van der Waals surface area (Å²) in [6.45, 7) is 0.279. The van der Waals surface area contributed by atoms with Crippen LogP contribution in [0.5, 0.6) is 11.5 Å². The molecule has 1 aromatic carbocycles. The topological polar surface area (TPSA) is 82.3 Å². The maximum atomic E-state index is 9.32. The van der Waals surface area contributed by atoms with Crippen molar-refractivity contribution in [1.29, 1.82) is 0 Å². The zero-order valence-electron chi connectivity index (χ0n) is 13.5. The van der Waals surface area contributed by atoms with Gasteiger partial charge in [0, 0.05) is 12.3 Å². The minimum absolute atomic E-state index is 0.0452. The van der Waals surface area contributed by atoms with Crippen LogP contribution in [-0.4, -0.2) is 45.7 Å². The summed E-state index contributed by atoms with van der Waals surface area (Å²) in [5, 5.41) is 13.8. The summed E-state index contributed by atoms with van der Waals surface area (Å²) >= 11 is 0. The summed E-state index contributed by atoms with van der Waals surface area (Å²) in [7, 11) is 3.19. The fraction of sp³-hybridized carbons (Fsp3) is 0.235. The number of methoxy groups -OCH3 is 2. The average Bonchev–Trinajstić information content (AvgIpc) is 3.06. The maximum absolute atomic E-state index is 9.32. The lowest BCUT2D eigenvalue weighted by Gasteiger charge is -2.10. The van der Waals surface area contributed by atoms with Crippen molar-refractivity contribution in [2.75, 3.05) is 20.8 Å². The van der Waals surface area contributed by atoms with E-state index in [1.165, 1.54) is 0 Å². The van der Waals surface area contributed by atoms with Gasteiger partial charge in [0.05, 0.1) is 32.9 Å². The van der Waals surface area contributed by atoms with Gasteiger partial charge >= 0.3 is 0 Å². The molecule has 0 spiro atoms. The van der Waals surface area contributed by atoms with E-state index in [1.54, 1.807) is 31.2 Å². The van der Waals surface area contributed by atoms with Crippen LogP contribution in [0.2, 0.25) is 0 Å². The molecule has 2 heterocycles. The summed E-state index contributed by atoms with van der Waals surface area (Å²) in [4.78, 5) is 8.87. The molecule has 0 fully saturated rings. The monoisotopic (exact) mass is 326 g/mol. The molecule has 0 aliphatic heterocycles. The van der Waals surface area contributed by atoms with Crippen molar-refractivity contribution < 1.29 is 14.6 Å². The van der Waals surface area contributed by atoms with Crippen LogP contribution in [0.25, 0.3) is 22.9 Å². The van der Waals surface area contributed by atoms with E-state index in [2.05, 4.69) is 15.1 Å². The van der Waals surface area contributed by atoms with Crippen LogP contribution in [0.1, 0.15) is 0 Å². The van der Waals surface area contributed by atoms with Crippen molar-refractivity contribution >= 4 is 0 Å². The molecule has 3 rings (SSSR count). The van der Waals surface area contributed by atoms with Gasteiger partial charge in [-0.3, -0.25) is 4.98 Å². The number of hydrogen-bond donors (Lipinski definition) is 1. The van der Waals surface area contributed by atoms with Crippen LogP contribution in [0.3, 0.4) is 0 Å². The summed E-state index contributed by atoms with van der Waals surface area (Å²) in [5.41, 5.74) is 1.43. The third-order valence-corrected chi connectivity index (χ3v) is 3.53. The van der Waals surface area contributed by atoms with Crippen LogP contribution >= 0.6 is 0 Å². The molecule has 0 bridgehead atoms. The number of aliphatic hydroxyl groups is 1. The normalized spacial score (nSPS) is 10.6. The molecule has 2 aromatic heterocycles. The molecular weight excluding hydrogens is 308 g/mol. The first-order chi connectivity index (χ1) is 11.8. The molecule has 7 heteroatoms. The van der Waals surface area contributed by atoms with E-state index in [-0.39, 0.29) is 6.61 Å². The van der Waals surface area contributed by atoms with Gasteiger partial charge < -0.3 is 14.6 Å². The predicted molar refractivity (Wildman–Crippen MR) is 88.9 cm³/mol. The van der Waals surface area contributed by atoms with E-state index >= 15 is 0 Å². The van der Waals surface area contributed by atoms with Crippen LogP contribution in [0, 0.1) is 0 Å². The van der Waals surface area contributed by atoms with Crippen LogP contribution < -0.4 is 9.47 Å². The van der Waals surface area contributed by atoms with Gasteiger partial charge in [-0.25, -0.2) is 9.67 Å². The van der Waals surface area contributed by atoms with Crippen molar-refractivity contribution in [1.82, 2.24) is 19.7 Å². The second-order valence-electron chi connectivity index (χ2n) is 4.99. The fourth-order valence-corrected chi connectivity index (χ4v) is 2.38. The lowest BCUT2D eigenvalue weighted by Crippen LogP contribution is -2.06. The van der Waals surface area contributed by atoms with Crippen LogP contribution in [0.4, 0.5) is 0 Å². The zero-order chi connectivity index (χ0) is 16.9. The van der Waals surface area contributed by atoms with Gasteiger partial charge in [-0.1, -0.05) is 6.07 Å². The standard InChI is InChI=1S/C17H18N4O3/c1-23-12-6-7-13(15(11-12)24-2)17-19-16(20-21(17)9-10-22)14-5-3-4-8-18-14/h3-8,11,22H,9-10H2,1-2H3. The summed E-state index contributed by atoms with van der Waals surface area (Å²) in [5.74, 6) is 2.41. The van der Waals surface area contributed by atoms with E-state index in [4.69, 9.17) is 9.47 Å². The lowest BCUT2D eigenvalue weighted by molar-refractivity contribution is 0.270. The van der Waals surface area contributed by atoms with Crippen molar-refractivity contribution in [2.45, 2.75) is 6.54 Å². The largest absolute Gasteiger partial charge is 0.497 e. The number of benzene rings is 1. The zero-order valence-corrected chi connectivity index (χ0v) is 13.5. The van der Waals surface area contributed by atoms with Gasteiger partial charge in [0.25, 0.3) is 0 Å². The number of ether oxygens (including phenoxy) is 2. The molecule has 0 amide bonds. The van der Waals surface area contributed by atoms with Crippen molar-refractivity contribution in [2.24, 2.45) is 0 Å². The Bertz CT molecular complexity index is 818. The second-order valence-corrected chi connectivity index (χ2v) is 4.99.